The predicted molar refractivity (Wildman–Crippen MR) is 82.0 cm³/mol. The second kappa shape index (κ2) is 6.34. The van der Waals surface area contributed by atoms with Crippen LogP contribution in [0, 0.1) is 0 Å². The SMILES string of the molecule is CNCc1ccc(S(=O)(=O)Nc2cccc(Br)c2)nc1. The molecule has 0 radical (unpaired) electrons. The fourth-order valence-corrected chi connectivity index (χ4v) is 3.02. The third-order valence-corrected chi connectivity index (χ3v) is 4.32. The van der Waals surface area contributed by atoms with E-state index < -0.39 is 10.0 Å². The number of anilines is 1. The average Bonchev–Trinajstić information content (AvgIpc) is 2.39. The molecule has 0 atom stereocenters. The zero-order chi connectivity index (χ0) is 14.6. The van der Waals surface area contributed by atoms with Crippen LogP contribution < -0.4 is 10.0 Å². The fraction of sp³-hybridized carbons (Fsp3) is 0.154. The standard InChI is InChI=1S/C13H14BrN3O2S/c1-15-8-10-5-6-13(16-9-10)20(18,19)17-12-4-2-3-11(14)7-12/h2-7,9,15,17H,8H2,1H3. The number of hydrogen-bond acceptors (Lipinski definition) is 4. The van der Waals surface area contributed by atoms with Gasteiger partial charge in [-0.2, -0.15) is 8.42 Å². The highest BCUT2D eigenvalue weighted by atomic mass is 79.9. The number of nitrogens with zero attached hydrogens (tertiary/aromatic N) is 1. The Morgan fingerprint density at radius 1 is 1.25 bits per heavy atom. The van der Waals surface area contributed by atoms with Crippen LogP contribution in [0.1, 0.15) is 5.56 Å². The average molecular weight is 356 g/mol. The van der Waals surface area contributed by atoms with Crippen molar-refractivity contribution in [3.8, 4) is 0 Å². The zero-order valence-electron chi connectivity index (χ0n) is 10.8. The van der Waals surface area contributed by atoms with Crippen molar-refractivity contribution in [1.29, 1.82) is 0 Å². The number of rotatable bonds is 5. The van der Waals surface area contributed by atoms with Gasteiger partial charge in [-0.15, -0.1) is 0 Å². The lowest BCUT2D eigenvalue weighted by Gasteiger charge is -2.08. The van der Waals surface area contributed by atoms with Crippen LogP contribution >= 0.6 is 15.9 Å². The monoisotopic (exact) mass is 355 g/mol. The van der Waals surface area contributed by atoms with E-state index in [9.17, 15) is 8.42 Å². The van der Waals surface area contributed by atoms with E-state index in [1.165, 1.54) is 6.07 Å². The summed E-state index contributed by atoms with van der Waals surface area (Å²) < 4.78 is 27.6. The van der Waals surface area contributed by atoms with E-state index in [0.29, 0.717) is 12.2 Å². The van der Waals surface area contributed by atoms with Crippen molar-refractivity contribution in [1.82, 2.24) is 10.3 Å². The van der Waals surface area contributed by atoms with Gasteiger partial charge >= 0.3 is 0 Å². The highest BCUT2D eigenvalue weighted by molar-refractivity contribution is 9.10. The summed E-state index contributed by atoms with van der Waals surface area (Å²) in [6, 6.07) is 10.2. The van der Waals surface area contributed by atoms with E-state index in [1.807, 2.05) is 13.1 Å². The van der Waals surface area contributed by atoms with Gasteiger partial charge in [-0.05, 0) is 36.9 Å². The summed E-state index contributed by atoms with van der Waals surface area (Å²) in [6.07, 6.45) is 1.55. The molecule has 20 heavy (non-hydrogen) atoms. The molecule has 0 fully saturated rings. The van der Waals surface area contributed by atoms with Crippen LogP contribution in [0.2, 0.25) is 0 Å². The molecule has 2 aromatic rings. The Labute approximate surface area is 126 Å². The van der Waals surface area contributed by atoms with Gasteiger partial charge in [0.25, 0.3) is 10.0 Å². The third kappa shape index (κ3) is 3.78. The molecule has 1 aromatic carbocycles. The Balaban J connectivity index is 2.21. The van der Waals surface area contributed by atoms with E-state index >= 15 is 0 Å². The molecule has 0 aliphatic carbocycles. The fourth-order valence-electron chi connectivity index (χ4n) is 1.64. The molecule has 0 bridgehead atoms. The van der Waals surface area contributed by atoms with Gasteiger partial charge in [0.2, 0.25) is 0 Å². The van der Waals surface area contributed by atoms with Crippen molar-refractivity contribution in [3.05, 3.63) is 52.6 Å². The van der Waals surface area contributed by atoms with Crippen LogP contribution in [0.15, 0.2) is 52.1 Å². The molecule has 0 aliphatic heterocycles. The van der Waals surface area contributed by atoms with Gasteiger partial charge in [-0.3, -0.25) is 4.72 Å². The molecule has 0 spiro atoms. The molecular formula is C13H14BrN3O2S. The highest BCUT2D eigenvalue weighted by Gasteiger charge is 2.15. The van der Waals surface area contributed by atoms with Crippen molar-refractivity contribution >= 4 is 31.6 Å². The van der Waals surface area contributed by atoms with E-state index in [-0.39, 0.29) is 5.03 Å². The number of benzene rings is 1. The van der Waals surface area contributed by atoms with Crippen LogP contribution in [-0.2, 0) is 16.6 Å². The van der Waals surface area contributed by atoms with Crippen LogP contribution in [0.3, 0.4) is 0 Å². The summed E-state index contributed by atoms with van der Waals surface area (Å²) in [5.41, 5.74) is 1.41. The van der Waals surface area contributed by atoms with Gasteiger partial charge in [0, 0.05) is 22.9 Å². The van der Waals surface area contributed by atoms with Crippen LogP contribution in [0.4, 0.5) is 5.69 Å². The van der Waals surface area contributed by atoms with Gasteiger partial charge < -0.3 is 5.32 Å². The Morgan fingerprint density at radius 3 is 2.65 bits per heavy atom. The lowest BCUT2D eigenvalue weighted by Crippen LogP contribution is -2.15. The molecule has 0 amide bonds. The summed E-state index contributed by atoms with van der Waals surface area (Å²) in [5.74, 6) is 0. The number of hydrogen-bond donors (Lipinski definition) is 2. The maximum atomic E-state index is 12.2. The lowest BCUT2D eigenvalue weighted by molar-refractivity contribution is 0.597. The number of halogens is 1. The number of pyridine rings is 1. The molecule has 2 rings (SSSR count). The van der Waals surface area contributed by atoms with Crippen molar-refractivity contribution in [2.75, 3.05) is 11.8 Å². The molecule has 106 valence electrons. The quantitative estimate of drug-likeness (QED) is 0.863. The Kier molecular flexibility index (Phi) is 4.74. The lowest BCUT2D eigenvalue weighted by atomic mass is 10.3. The van der Waals surface area contributed by atoms with Crippen LogP contribution in [-0.4, -0.2) is 20.4 Å². The van der Waals surface area contributed by atoms with E-state index in [1.54, 1.807) is 30.5 Å². The van der Waals surface area contributed by atoms with Gasteiger partial charge in [0.05, 0.1) is 0 Å². The molecule has 0 saturated carbocycles. The van der Waals surface area contributed by atoms with E-state index in [0.717, 1.165) is 10.0 Å². The summed E-state index contributed by atoms with van der Waals surface area (Å²) in [5, 5.41) is 2.98. The topological polar surface area (TPSA) is 71.1 Å². The molecule has 0 saturated heterocycles. The normalized spacial score (nSPS) is 11.3. The first-order chi connectivity index (χ1) is 9.51. The highest BCUT2D eigenvalue weighted by Crippen LogP contribution is 2.19. The molecule has 2 N–H and O–H groups in total. The molecule has 7 heteroatoms. The minimum atomic E-state index is -3.66. The largest absolute Gasteiger partial charge is 0.316 e. The zero-order valence-corrected chi connectivity index (χ0v) is 13.2. The molecule has 1 aromatic heterocycles. The molecule has 0 aliphatic rings. The van der Waals surface area contributed by atoms with E-state index in [2.05, 4.69) is 31.0 Å². The first kappa shape index (κ1) is 15.0. The Hall–Kier alpha value is -1.44. The summed E-state index contributed by atoms with van der Waals surface area (Å²) >= 11 is 3.30. The smallest absolute Gasteiger partial charge is 0.279 e. The first-order valence-electron chi connectivity index (χ1n) is 5.89. The Bertz CT molecular complexity index is 687. The first-order valence-corrected chi connectivity index (χ1v) is 8.17. The number of sulfonamides is 1. The van der Waals surface area contributed by atoms with Gasteiger partial charge in [-0.1, -0.05) is 28.1 Å². The maximum Gasteiger partial charge on any atom is 0.279 e. The summed E-state index contributed by atoms with van der Waals surface area (Å²) in [7, 11) is -1.85. The van der Waals surface area contributed by atoms with Crippen molar-refractivity contribution < 1.29 is 8.42 Å². The van der Waals surface area contributed by atoms with Gasteiger partial charge in [0.15, 0.2) is 5.03 Å². The van der Waals surface area contributed by atoms with Crippen molar-refractivity contribution in [3.63, 3.8) is 0 Å². The second-order valence-corrected chi connectivity index (χ2v) is 6.70. The minimum Gasteiger partial charge on any atom is -0.316 e. The molecular weight excluding hydrogens is 342 g/mol. The van der Waals surface area contributed by atoms with Crippen LogP contribution in [0.5, 0.6) is 0 Å². The van der Waals surface area contributed by atoms with Crippen LogP contribution in [0.25, 0.3) is 0 Å². The summed E-state index contributed by atoms with van der Waals surface area (Å²) in [4.78, 5) is 3.99. The minimum absolute atomic E-state index is 0.00247. The van der Waals surface area contributed by atoms with Crippen molar-refractivity contribution in [2.24, 2.45) is 0 Å². The number of nitrogens with one attached hydrogen (secondary N) is 2. The van der Waals surface area contributed by atoms with Gasteiger partial charge in [-0.25, -0.2) is 4.98 Å². The van der Waals surface area contributed by atoms with Crippen molar-refractivity contribution in [2.45, 2.75) is 11.6 Å². The summed E-state index contributed by atoms with van der Waals surface area (Å²) in [6.45, 7) is 0.645. The molecule has 0 unspecified atom stereocenters. The second-order valence-electron chi connectivity index (χ2n) is 4.15. The van der Waals surface area contributed by atoms with Gasteiger partial charge in [0.1, 0.15) is 0 Å². The predicted octanol–water partition coefficient (Wildman–Crippen LogP) is 2.36. The maximum absolute atomic E-state index is 12.2. The molecule has 1 heterocycles. The Morgan fingerprint density at radius 2 is 2.05 bits per heavy atom. The third-order valence-electron chi connectivity index (χ3n) is 2.53. The molecule has 5 nitrogen and oxygen atoms in total. The van der Waals surface area contributed by atoms with E-state index in [4.69, 9.17) is 0 Å². The number of aromatic nitrogens is 1.